The van der Waals surface area contributed by atoms with Gasteiger partial charge in [0.1, 0.15) is 5.78 Å². The summed E-state index contributed by atoms with van der Waals surface area (Å²) >= 11 is -0.139. The molecule has 27 heavy (non-hydrogen) atoms. The molecule has 0 bridgehead atoms. The molecular weight excluding hydrogens is 387 g/mol. The summed E-state index contributed by atoms with van der Waals surface area (Å²) in [5.74, 6) is 7.13. The number of aliphatic hydroxyl groups is 2. The molecule has 0 spiro atoms. The lowest BCUT2D eigenvalue weighted by molar-refractivity contribution is -0.120. The quantitative estimate of drug-likeness (QED) is 0.498. The lowest BCUT2D eigenvalue weighted by Gasteiger charge is -2.21. The van der Waals surface area contributed by atoms with Gasteiger partial charge in [-0.3, -0.25) is 9.69 Å². The van der Waals surface area contributed by atoms with Crippen LogP contribution in [0.25, 0.3) is 0 Å². The van der Waals surface area contributed by atoms with Crippen LogP contribution in [-0.2, 0) is 19.9 Å². The predicted molar refractivity (Wildman–Crippen MR) is 115 cm³/mol. The molecule has 3 atom stereocenters. The minimum absolute atomic E-state index is 0.0648. The van der Waals surface area contributed by atoms with E-state index in [0.717, 1.165) is 7.11 Å². The van der Waals surface area contributed by atoms with Gasteiger partial charge in [0.05, 0.1) is 12.1 Å². The molecule has 0 amide bonds. The molecule has 0 radical (unpaired) electrons. The summed E-state index contributed by atoms with van der Waals surface area (Å²) in [6.45, 7) is 7.28. The van der Waals surface area contributed by atoms with Gasteiger partial charge in [-0.1, -0.05) is 0 Å². The van der Waals surface area contributed by atoms with E-state index in [0.29, 0.717) is 5.23 Å². The molecular formula is C17H41AlN2O6S. The zero-order valence-electron chi connectivity index (χ0n) is 19.1. The van der Waals surface area contributed by atoms with Gasteiger partial charge in [-0.25, -0.2) is 4.79 Å². The molecule has 0 aliphatic heterocycles. The first-order chi connectivity index (χ1) is 12.1. The molecule has 0 aliphatic rings. The molecule has 2 N–H and O–H groups in total. The first-order valence-corrected chi connectivity index (χ1v) is 13.1. The Morgan fingerprint density at radius 3 is 1.22 bits per heavy atom. The second kappa shape index (κ2) is 25.4. The van der Waals surface area contributed by atoms with Gasteiger partial charge >= 0.3 is 10.3 Å². The van der Waals surface area contributed by atoms with Crippen LogP contribution in [0.4, 0.5) is 0 Å². The van der Waals surface area contributed by atoms with Gasteiger partial charge in [0.2, 0.25) is 0 Å². The number of aliphatic hydroxyl groups excluding tert-OH is 2. The fourth-order valence-corrected chi connectivity index (χ4v) is 0.795. The van der Waals surface area contributed by atoms with E-state index < -0.39 is 10.3 Å². The van der Waals surface area contributed by atoms with Gasteiger partial charge in [0, 0.05) is 13.2 Å². The summed E-state index contributed by atoms with van der Waals surface area (Å²) in [5.41, 5.74) is 0. The Bertz CT molecular complexity index is 457. The standard InChI is InChI=1S/C6H15NO.C6H13NO.CO3S.CH4O.3CH3.Al/c2*1-5(6(2)8)7(3)4;2-1-5(3)4;1-2;;;;/h5-6,8H,1-4H3;5H,1-4H3;;2H,1H3;3*1H3;. The summed E-state index contributed by atoms with van der Waals surface area (Å²) in [6, 6.07) is 0.324. The Labute approximate surface area is 172 Å². The van der Waals surface area contributed by atoms with Crippen molar-refractivity contribution in [3.63, 3.8) is 0 Å². The fraction of sp³-hybridized carbons (Fsp3) is 0.882. The minimum Gasteiger partial charge on any atom is -0.400 e. The van der Waals surface area contributed by atoms with Crippen LogP contribution in [0.1, 0.15) is 27.7 Å². The Morgan fingerprint density at radius 1 is 0.963 bits per heavy atom. The van der Waals surface area contributed by atoms with Crippen LogP contribution >= 0.6 is 0 Å². The van der Waals surface area contributed by atoms with Crippen molar-refractivity contribution in [3.8, 4) is 0 Å². The highest BCUT2D eigenvalue weighted by Crippen LogP contribution is 1.96. The van der Waals surface area contributed by atoms with Crippen molar-refractivity contribution in [3.05, 3.63) is 0 Å². The lowest BCUT2D eigenvalue weighted by atomic mass is 10.2. The molecule has 0 aromatic rings. The molecule has 164 valence electrons. The Kier molecular flexibility index (Phi) is 35.1. The van der Waals surface area contributed by atoms with E-state index in [1.807, 2.05) is 51.8 Å². The van der Waals surface area contributed by atoms with Gasteiger partial charge in [-0.05, 0) is 55.9 Å². The van der Waals surface area contributed by atoms with Crippen LogP contribution in [-0.4, -0.2) is 107 Å². The number of carbonyl (C=O) groups excluding carboxylic acids is 2. The second-order valence-corrected chi connectivity index (χ2v) is 10.8. The fourth-order valence-electron chi connectivity index (χ4n) is 0.795. The summed E-state index contributed by atoms with van der Waals surface area (Å²) < 4.78 is 17.9. The van der Waals surface area contributed by atoms with E-state index in [4.69, 9.17) is 23.4 Å². The highest BCUT2D eigenvalue weighted by molar-refractivity contribution is 7.70. The summed E-state index contributed by atoms with van der Waals surface area (Å²) in [5, 5.41) is 16.6. The van der Waals surface area contributed by atoms with Gasteiger partial charge in [-0.2, -0.15) is 8.42 Å². The zero-order chi connectivity index (χ0) is 23.3. The maximum absolute atomic E-state index is 10.5. The van der Waals surface area contributed by atoms with E-state index in [1.54, 1.807) is 13.8 Å². The van der Waals surface area contributed by atoms with Gasteiger partial charge in [0.15, 0.2) is 0 Å². The van der Waals surface area contributed by atoms with Crippen molar-refractivity contribution < 1.29 is 28.2 Å². The van der Waals surface area contributed by atoms with E-state index in [9.17, 15) is 4.79 Å². The van der Waals surface area contributed by atoms with Crippen LogP contribution < -0.4 is 0 Å². The second-order valence-electron chi connectivity index (χ2n) is 6.75. The van der Waals surface area contributed by atoms with Crippen LogP contribution in [0, 0.1) is 0 Å². The number of Topliss-reactive ketones (excluding diaryl/α,β-unsaturated/α-hetero) is 1. The van der Waals surface area contributed by atoms with Gasteiger partial charge in [-0.15, -0.1) is 17.4 Å². The molecule has 0 saturated carbocycles. The number of hydrogen-bond donors (Lipinski definition) is 2. The molecule has 0 aliphatic carbocycles. The normalized spacial score (nSPS) is 12.0. The molecule has 0 heterocycles. The number of carbonyl (C=O) groups is 1. The van der Waals surface area contributed by atoms with Crippen molar-refractivity contribution in [1.29, 1.82) is 0 Å². The molecule has 0 aromatic heterocycles. The van der Waals surface area contributed by atoms with E-state index in [1.165, 1.54) is 0 Å². The Balaban J connectivity index is -0.0000000799. The maximum Gasteiger partial charge on any atom is 0.301 e. The molecule has 10 heteroatoms. The molecule has 0 rings (SSSR count). The third kappa shape index (κ3) is 46.0. The van der Waals surface area contributed by atoms with Crippen molar-refractivity contribution in [2.75, 3.05) is 35.3 Å². The Morgan fingerprint density at radius 2 is 1.22 bits per heavy atom. The molecule has 8 nitrogen and oxygen atoms in total. The average Bonchev–Trinajstić information content (AvgIpc) is 2.55. The maximum atomic E-state index is 10.5. The van der Waals surface area contributed by atoms with Crippen LogP contribution in [0.3, 0.4) is 0 Å². The van der Waals surface area contributed by atoms with Crippen LogP contribution in [0.5, 0.6) is 0 Å². The number of rotatable bonds is 4. The van der Waals surface area contributed by atoms with E-state index >= 15 is 0 Å². The SMILES string of the molecule is CC(=O)C(C)N(C)C.CC(O)C(C)N(C)C.CO.O=C=S(=O)=O.[CH3][Al]([CH3])[CH3]. The third-order valence-electron chi connectivity index (χ3n) is 2.94. The number of nitrogens with zero attached hydrogens (tertiary/aromatic N) is 2. The van der Waals surface area contributed by atoms with E-state index in [-0.39, 0.29) is 38.1 Å². The summed E-state index contributed by atoms with van der Waals surface area (Å²) in [7, 11) is 6.07. The van der Waals surface area contributed by atoms with Crippen LogP contribution in [0.2, 0.25) is 17.4 Å². The van der Waals surface area contributed by atoms with E-state index in [2.05, 4.69) is 17.4 Å². The predicted octanol–water partition coefficient (Wildman–Crippen LogP) is 0.755. The Hall–Kier alpha value is -0.558. The van der Waals surface area contributed by atoms with Crippen LogP contribution in [0.15, 0.2) is 0 Å². The average molecular weight is 429 g/mol. The number of ketones is 1. The molecule has 0 saturated heterocycles. The summed E-state index contributed by atoms with van der Waals surface area (Å²) in [6.07, 6.45) is -0.231. The highest BCUT2D eigenvalue weighted by atomic mass is 32.2. The minimum atomic E-state index is -2.63. The molecule has 3 unspecified atom stereocenters. The van der Waals surface area contributed by atoms with Crippen molar-refractivity contribution in [2.24, 2.45) is 0 Å². The smallest absolute Gasteiger partial charge is 0.301 e. The number of hydrogen-bond acceptors (Lipinski definition) is 8. The van der Waals surface area contributed by atoms with Crippen molar-refractivity contribution in [1.82, 2.24) is 9.80 Å². The monoisotopic (exact) mass is 428 g/mol. The molecule has 0 fully saturated rings. The summed E-state index contributed by atoms with van der Waals surface area (Å²) in [4.78, 5) is 23.2. The molecule has 0 aromatic carbocycles. The number of likely N-dealkylation sites (N-methyl/N-ethyl adjacent to an activating group) is 2. The topological polar surface area (TPSA) is 115 Å². The van der Waals surface area contributed by atoms with Gasteiger partial charge in [0.25, 0.3) is 19.4 Å². The first kappa shape index (κ1) is 37.2. The first-order valence-electron chi connectivity index (χ1n) is 8.54. The van der Waals surface area contributed by atoms with Crippen molar-refractivity contribution >= 4 is 35.5 Å². The lowest BCUT2D eigenvalue weighted by Crippen LogP contribution is -2.34. The third-order valence-corrected chi connectivity index (χ3v) is 3.08. The van der Waals surface area contributed by atoms with Crippen molar-refractivity contribution in [2.45, 2.75) is 63.2 Å². The largest absolute Gasteiger partial charge is 0.400 e. The highest BCUT2D eigenvalue weighted by Gasteiger charge is 2.09. The van der Waals surface area contributed by atoms with Gasteiger partial charge < -0.3 is 15.1 Å². The zero-order valence-corrected chi connectivity index (χ0v) is 21.1.